The molecule has 0 radical (unpaired) electrons. The van der Waals surface area contributed by atoms with Gasteiger partial charge in [0.2, 0.25) is 0 Å². The third-order valence-corrected chi connectivity index (χ3v) is 3.42. The first kappa shape index (κ1) is 11.7. The monoisotopic (exact) mass is 383 g/mol. The third kappa shape index (κ3) is 5.94. The summed E-state index contributed by atoms with van der Waals surface area (Å²) < 4.78 is 7.19. The molecule has 0 aromatic heterocycles. The Morgan fingerprint density at radius 3 is 2.27 bits per heavy atom. The lowest BCUT2D eigenvalue weighted by atomic mass is 10.2. The Balaban J connectivity index is 3.88. The van der Waals surface area contributed by atoms with Crippen LogP contribution in [0.3, 0.4) is 0 Å². The summed E-state index contributed by atoms with van der Waals surface area (Å²) in [5.74, 6) is 0. The molecule has 0 aromatic rings. The Labute approximate surface area is 94.5 Å². The van der Waals surface area contributed by atoms with Gasteiger partial charge >= 0.3 is 6.09 Å². The van der Waals surface area contributed by atoms with E-state index in [0.29, 0.717) is 4.55 Å². The highest BCUT2D eigenvalue weighted by molar-refractivity contribution is 14.1. The number of hydrogen-bond acceptors (Lipinski definition) is 2. The highest BCUT2D eigenvalue weighted by Gasteiger charge is 2.19. The number of hydrogen-bond donors (Lipinski definition) is 0. The van der Waals surface area contributed by atoms with Crippen molar-refractivity contribution in [2.24, 2.45) is 0 Å². The fraction of sp³-hybridized carbons (Fsp3) is 0.833. The molecule has 0 spiro atoms. The number of ether oxygens (including phenoxy) is 1. The molecule has 0 saturated heterocycles. The Bertz CT molecular complexity index is 144. The summed E-state index contributed by atoms with van der Waals surface area (Å²) in [4.78, 5) is 11.1. The van der Waals surface area contributed by atoms with E-state index in [4.69, 9.17) is 4.74 Å². The molecule has 0 bridgehead atoms. The van der Waals surface area contributed by atoms with Gasteiger partial charge in [0, 0.05) is 0 Å². The van der Waals surface area contributed by atoms with Crippen molar-refractivity contribution >= 4 is 51.5 Å². The van der Waals surface area contributed by atoms with E-state index in [1.165, 1.54) is 3.11 Å². The molecule has 11 heavy (non-hydrogen) atoms. The van der Waals surface area contributed by atoms with Gasteiger partial charge < -0.3 is 4.74 Å². The molecule has 0 heterocycles. The predicted molar refractivity (Wildman–Crippen MR) is 61.0 cm³/mol. The molecular weight excluding hydrogens is 372 g/mol. The number of halogens is 2. The van der Waals surface area contributed by atoms with E-state index in [0.717, 1.165) is 0 Å². The summed E-state index contributed by atoms with van der Waals surface area (Å²) in [5, 5.41) is 0. The first-order valence-electron chi connectivity index (χ1n) is 3.09. The number of rotatable bonds is 1. The van der Waals surface area contributed by atoms with E-state index >= 15 is 0 Å². The van der Waals surface area contributed by atoms with Gasteiger partial charge in [0.1, 0.15) is 5.60 Å². The lowest BCUT2D eigenvalue weighted by molar-refractivity contribution is 0.0451. The minimum atomic E-state index is -0.397. The number of amides is 1. The van der Waals surface area contributed by atoms with Crippen LogP contribution in [0.5, 0.6) is 0 Å². The molecule has 0 rings (SSSR count). The molecule has 0 atom stereocenters. The summed E-state index contributed by atoms with van der Waals surface area (Å²) in [7, 11) is 0. The van der Waals surface area contributed by atoms with E-state index in [9.17, 15) is 4.79 Å². The molecule has 0 unspecified atom stereocenters. The van der Waals surface area contributed by atoms with Crippen molar-refractivity contribution in [3.63, 3.8) is 0 Å². The molecule has 3 nitrogen and oxygen atoms in total. The van der Waals surface area contributed by atoms with Crippen molar-refractivity contribution in [2.45, 2.75) is 26.4 Å². The average molecular weight is 383 g/mol. The molecule has 5 heteroatoms. The maximum absolute atomic E-state index is 11.1. The molecular formula is C6H11I2NO2. The smallest absolute Gasteiger partial charge is 0.419 e. The molecule has 0 fully saturated rings. The van der Waals surface area contributed by atoms with E-state index < -0.39 is 5.60 Å². The normalized spacial score (nSPS) is 11.0. The zero-order chi connectivity index (χ0) is 9.07. The Hall–Kier alpha value is 0.730. The third-order valence-electron chi connectivity index (χ3n) is 0.697. The lowest BCUT2D eigenvalue weighted by Gasteiger charge is -2.22. The number of nitrogens with zero attached hydrogens (tertiary/aromatic N) is 1. The second-order valence-electron chi connectivity index (χ2n) is 2.96. The number of carbonyl (C=O) groups is 1. The summed E-state index contributed by atoms with van der Waals surface area (Å²) in [6.07, 6.45) is -0.285. The standard InChI is InChI=1S/C6H11I2NO2/c1-6(2,3)11-5(10)9(8)4-7/h4H2,1-3H3. The van der Waals surface area contributed by atoms with Crippen LogP contribution in [0.4, 0.5) is 4.79 Å². The molecule has 0 saturated carbocycles. The van der Waals surface area contributed by atoms with Crippen LogP contribution in [0, 0.1) is 0 Å². The summed E-state index contributed by atoms with van der Waals surface area (Å²) >= 11 is 4.02. The number of alkyl halides is 1. The van der Waals surface area contributed by atoms with Gasteiger partial charge in [-0.1, -0.05) is 22.6 Å². The largest absolute Gasteiger partial charge is 0.443 e. The van der Waals surface area contributed by atoms with E-state index in [-0.39, 0.29) is 6.09 Å². The van der Waals surface area contributed by atoms with Crippen LogP contribution in [0.25, 0.3) is 0 Å². The van der Waals surface area contributed by atoms with Crippen molar-refractivity contribution in [1.82, 2.24) is 3.11 Å². The van der Waals surface area contributed by atoms with Crippen LogP contribution in [-0.2, 0) is 4.74 Å². The topological polar surface area (TPSA) is 29.5 Å². The average Bonchev–Trinajstić information content (AvgIpc) is 1.82. The van der Waals surface area contributed by atoms with Gasteiger partial charge in [-0.3, -0.25) is 0 Å². The van der Waals surface area contributed by atoms with Gasteiger partial charge in [-0.15, -0.1) is 0 Å². The van der Waals surface area contributed by atoms with E-state index in [1.807, 2.05) is 43.6 Å². The van der Waals surface area contributed by atoms with Gasteiger partial charge in [0.05, 0.1) is 27.4 Å². The van der Waals surface area contributed by atoms with Gasteiger partial charge in [-0.25, -0.2) is 7.91 Å². The maximum atomic E-state index is 11.1. The van der Waals surface area contributed by atoms with Crippen molar-refractivity contribution in [3.8, 4) is 0 Å². The molecule has 1 amide bonds. The molecule has 66 valence electrons. The lowest BCUT2D eigenvalue weighted by Crippen LogP contribution is -2.30. The highest BCUT2D eigenvalue weighted by atomic mass is 127. The zero-order valence-electron chi connectivity index (χ0n) is 6.73. The maximum Gasteiger partial charge on any atom is 0.419 e. The van der Waals surface area contributed by atoms with E-state index in [1.54, 1.807) is 0 Å². The van der Waals surface area contributed by atoms with Crippen molar-refractivity contribution in [3.05, 3.63) is 0 Å². The summed E-state index contributed by atoms with van der Waals surface area (Å²) in [5.41, 5.74) is -0.397. The fourth-order valence-corrected chi connectivity index (χ4v) is 0.737. The Morgan fingerprint density at radius 2 is 2.00 bits per heavy atom. The quantitative estimate of drug-likeness (QED) is 0.302. The van der Waals surface area contributed by atoms with Crippen molar-refractivity contribution in [2.75, 3.05) is 4.55 Å². The molecule has 0 aliphatic carbocycles. The van der Waals surface area contributed by atoms with Crippen LogP contribution >= 0.6 is 45.5 Å². The van der Waals surface area contributed by atoms with Gasteiger partial charge in [0.15, 0.2) is 0 Å². The Morgan fingerprint density at radius 1 is 1.55 bits per heavy atom. The molecule has 0 N–H and O–H groups in total. The van der Waals surface area contributed by atoms with Crippen LogP contribution in [0.1, 0.15) is 20.8 Å². The molecule has 0 aromatic carbocycles. The molecule has 0 aliphatic rings. The van der Waals surface area contributed by atoms with Crippen molar-refractivity contribution in [1.29, 1.82) is 0 Å². The van der Waals surface area contributed by atoms with Crippen LogP contribution in [0.2, 0.25) is 0 Å². The predicted octanol–water partition coefficient (Wildman–Crippen LogP) is 2.97. The molecule has 0 aliphatic heterocycles. The number of carbonyl (C=O) groups excluding carboxylic acids is 1. The first-order valence-corrected chi connectivity index (χ1v) is 5.58. The fourth-order valence-electron chi connectivity index (χ4n) is 0.360. The van der Waals surface area contributed by atoms with Gasteiger partial charge in [0.25, 0.3) is 0 Å². The SMILES string of the molecule is CC(C)(C)OC(=O)N(I)CI. The second-order valence-corrected chi connectivity index (χ2v) is 4.81. The van der Waals surface area contributed by atoms with Crippen LogP contribution < -0.4 is 0 Å². The zero-order valence-corrected chi connectivity index (χ0v) is 11.0. The summed E-state index contributed by atoms with van der Waals surface area (Å²) in [6, 6.07) is 0. The van der Waals surface area contributed by atoms with Crippen LogP contribution in [-0.4, -0.2) is 19.4 Å². The first-order chi connectivity index (χ1) is 4.87. The highest BCUT2D eigenvalue weighted by Crippen LogP contribution is 2.13. The van der Waals surface area contributed by atoms with Gasteiger partial charge in [-0.2, -0.15) is 0 Å². The second kappa shape index (κ2) is 4.68. The van der Waals surface area contributed by atoms with Crippen molar-refractivity contribution < 1.29 is 9.53 Å². The minimum Gasteiger partial charge on any atom is -0.443 e. The van der Waals surface area contributed by atoms with E-state index in [2.05, 4.69) is 22.6 Å². The Kier molecular flexibility index (Phi) is 4.99. The minimum absolute atomic E-state index is 0.285. The van der Waals surface area contributed by atoms with Crippen LogP contribution in [0.15, 0.2) is 0 Å². The summed E-state index contributed by atoms with van der Waals surface area (Å²) in [6.45, 7) is 5.55. The van der Waals surface area contributed by atoms with Gasteiger partial charge in [-0.05, 0) is 20.8 Å².